The number of thioether (sulfide) groups is 1. The first-order chi connectivity index (χ1) is 14.8. The van der Waals surface area contributed by atoms with Crippen LogP contribution in [0.2, 0.25) is 5.02 Å². The number of methoxy groups -OCH3 is 2. The number of carbonyl (C=O) groups is 1. The van der Waals surface area contributed by atoms with Crippen LogP contribution < -0.4 is 14.8 Å². The summed E-state index contributed by atoms with van der Waals surface area (Å²) in [5.74, 6) is 1.23. The average molecular weight is 487 g/mol. The van der Waals surface area contributed by atoms with Gasteiger partial charge in [-0.25, -0.2) is 8.42 Å². The number of benzene rings is 1. The highest BCUT2D eigenvalue weighted by atomic mass is 35.5. The minimum absolute atomic E-state index is 0.0606. The van der Waals surface area contributed by atoms with Crippen LogP contribution in [0.5, 0.6) is 11.5 Å². The molecule has 0 saturated carbocycles. The number of hydrogen-bond acceptors (Lipinski definition) is 8. The van der Waals surface area contributed by atoms with Crippen molar-refractivity contribution in [1.82, 2.24) is 14.8 Å². The van der Waals surface area contributed by atoms with E-state index in [1.54, 1.807) is 22.8 Å². The van der Waals surface area contributed by atoms with Crippen molar-refractivity contribution in [2.75, 3.05) is 36.8 Å². The fourth-order valence-corrected chi connectivity index (χ4v) is 6.02. The maximum absolute atomic E-state index is 12.5. The summed E-state index contributed by atoms with van der Waals surface area (Å²) in [4.78, 5) is 12.5. The van der Waals surface area contributed by atoms with Gasteiger partial charge in [0.25, 0.3) is 0 Å². The normalized spacial score (nSPS) is 17.3. The summed E-state index contributed by atoms with van der Waals surface area (Å²) >= 11 is 7.35. The van der Waals surface area contributed by atoms with E-state index in [-0.39, 0.29) is 29.1 Å². The molecule has 1 atom stereocenters. The second-order valence-electron chi connectivity index (χ2n) is 6.86. The molecule has 1 saturated heterocycles. The summed E-state index contributed by atoms with van der Waals surface area (Å²) in [7, 11) is -0.0790. The van der Waals surface area contributed by atoms with Crippen molar-refractivity contribution in [2.24, 2.45) is 0 Å². The lowest BCUT2D eigenvalue weighted by Crippen LogP contribution is -2.16. The summed E-state index contributed by atoms with van der Waals surface area (Å²) in [6.07, 6.45) is 2.20. The lowest BCUT2D eigenvalue weighted by atomic mass is 10.1. The lowest BCUT2D eigenvalue weighted by molar-refractivity contribution is -0.113. The number of nitrogens with one attached hydrogen (secondary N) is 1. The van der Waals surface area contributed by atoms with E-state index < -0.39 is 9.84 Å². The second kappa shape index (κ2) is 9.92. The highest BCUT2D eigenvalue weighted by Crippen LogP contribution is 2.36. The second-order valence-corrected chi connectivity index (χ2v) is 10.4. The van der Waals surface area contributed by atoms with Gasteiger partial charge in [0.05, 0.1) is 42.2 Å². The fraction of sp³-hybridized carbons (Fsp3) is 0.421. The maximum Gasteiger partial charge on any atom is 0.234 e. The molecule has 1 amide bonds. The van der Waals surface area contributed by atoms with Crippen molar-refractivity contribution in [1.29, 1.82) is 0 Å². The molecule has 0 spiro atoms. The molecule has 2 aromatic rings. The Labute approximate surface area is 190 Å². The molecule has 168 valence electrons. The van der Waals surface area contributed by atoms with Crippen molar-refractivity contribution in [3.05, 3.63) is 35.6 Å². The van der Waals surface area contributed by atoms with Crippen LogP contribution in [0.4, 0.5) is 5.69 Å². The number of nitrogens with zero attached hydrogens (tertiary/aromatic N) is 3. The predicted octanol–water partition coefficient (Wildman–Crippen LogP) is 2.77. The number of amides is 1. The van der Waals surface area contributed by atoms with Gasteiger partial charge in [0, 0.05) is 18.5 Å². The summed E-state index contributed by atoms with van der Waals surface area (Å²) in [5, 5.41) is 12.0. The molecule has 2 heterocycles. The molecule has 31 heavy (non-hydrogen) atoms. The van der Waals surface area contributed by atoms with E-state index in [1.165, 1.54) is 26.0 Å². The Morgan fingerprint density at radius 2 is 2.10 bits per heavy atom. The molecule has 1 aliphatic heterocycles. The third kappa shape index (κ3) is 5.52. The van der Waals surface area contributed by atoms with Gasteiger partial charge in [0.15, 0.2) is 15.0 Å². The molecule has 9 nitrogen and oxygen atoms in total. The van der Waals surface area contributed by atoms with Crippen LogP contribution in [0.3, 0.4) is 0 Å². The first-order valence-electron chi connectivity index (χ1n) is 9.36. The Morgan fingerprint density at radius 1 is 1.35 bits per heavy atom. The van der Waals surface area contributed by atoms with Crippen LogP contribution in [0.15, 0.2) is 29.9 Å². The predicted molar refractivity (Wildman–Crippen MR) is 120 cm³/mol. The van der Waals surface area contributed by atoms with Crippen LogP contribution >= 0.6 is 23.4 Å². The standard InChI is InChI=1S/C19H23ClN4O5S2/c1-4-6-24-18(12-5-7-31(26,27)11-12)22-23-19(24)30-10-17(25)21-14-8-13(20)15(28-2)9-16(14)29-3/h4,8-9,12H,1,5-7,10-11H2,2-3H3,(H,21,25). The fourth-order valence-electron chi connectivity index (χ4n) is 3.28. The molecule has 0 aliphatic carbocycles. The van der Waals surface area contributed by atoms with Gasteiger partial charge in [-0.2, -0.15) is 0 Å². The topological polar surface area (TPSA) is 112 Å². The van der Waals surface area contributed by atoms with Gasteiger partial charge in [0.2, 0.25) is 5.91 Å². The molecular formula is C19H23ClN4O5S2. The number of rotatable bonds is 9. The number of ether oxygens (including phenoxy) is 2. The van der Waals surface area contributed by atoms with Crippen molar-refractivity contribution in [2.45, 2.75) is 24.0 Å². The van der Waals surface area contributed by atoms with Gasteiger partial charge in [-0.3, -0.25) is 4.79 Å². The molecule has 1 aromatic carbocycles. The SMILES string of the molecule is C=CCn1c(SCC(=O)Nc2cc(Cl)c(OC)cc2OC)nnc1C1CCS(=O)(=O)C1. The first kappa shape index (κ1) is 23.4. The number of sulfone groups is 1. The molecule has 0 bridgehead atoms. The molecule has 0 radical (unpaired) electrons. The van der Waals surface area contributed by atoms with E-state index in [2.05, 4.69) is 22.1 Å². The van der Waals surface area contributed by atoms with E-state index in [0.29, 0.717) is 46.2 Å². The number of halogens is 1. The van der Waals surface area contributed by atoms with Crippen LogP contribution in [-0.4, -0.2) is 60.6 Å². The van der Waals surface area contributed by atoms with Crippen molar-refractivity contribution < 1.29 is 22.7 Å². The highest BCUT2D eigenvalue weighted by Gasteiger charge is 2.33. The van der Waals surface area contributed by atoms with Crippen LogP contribution in [-0.2, 0) is 21.2 Å². The third-order valence-corrected chi connectivity index (χ3v) is 7.77. The highest BCUT2D eigenvalue weighted by molar-refractivity contribution is 7.99. The average Bonchev–Trinajstić information content (AvgIpc) is 3.29. The Morgan fingerprint density at radius 3 is 2.71 bits per heavy atom. The van der Waals surface area contributed by atoms with E-state index in [0.717, 1.165) is 0 Å². The number of hydrogen-bond donors (Lipinski definition) is 1. The summed E-state index contributed by atoms with van der Waals surface area (Å²) in [6.45, 7) is 4.17. The van der Waals surface area contributed by atoms with Gasteiger partial charge < -0.3 is 19.4 Å². The van der Waals surface area contributed by atoms with Crippen LogP contribution in [0.25, 0.3) is 0 Å². The zero-order valence-electron chi connectivity index (χ0n) is 17.1. The summed E-state index contributed by atoms with van der Waals surface area (Å²) < 4.78 is 35.9. The van der Waals surface area contributed by atoms with E-state index in [4.69, 9.17) is 21.1 Å². The lowest BCUT2D eigenvalue weighted by Gasteiger charge is -2.13. The van der Waals surface area contributed by atoms with Gasteiger partial charge in [-0.1, -0.05) is 29.4 Å². The number of carbonyl (C=O) groups excluding carboxylic acids is 1. The molecule has 1 fully saturated rings. The van der Waals surface area contributed by atoms with E-state index in [9.17, 15) is 13.2 Å². The summed E-state index contributed by atoms with van der Waals surface area (Å²) in [5.41, 5.74) is 0.420. The molecule has 1 aromatic heterocycles. The monoisotopic (exact) mass is 486 g/mol. The zero-order chi connectivity index (χ0) is 22.6. The molecule has 1 N–H and O–H groups in total. The van der Waals surface area contributed by atoms with Gasteiger partial charge >= 0.3 is 0 Å². The van der Waals surface area contributed by atoms with Crippen LogP contribution in [0, 0.1) is 0 Å². The van der Waals surface area contributed by atoms with Crippen LogP contribution in [0.1, 0.15) is 18.2 Å². The maximum atomic E-state index is 12.5. The van der Waals surface area contributed by atoms with E-state index >= 15 is 0 Å². The number of aromatic nitrogens is 3. The molecule has 3 rings (SSSR count). The minimum atomic E-state index is -3.05. The molecule has 1 unspecified atom stereocenters. The Hall–Kier alpha value is -2.24. The zero-order valence-corrected chi connectivity index (χ0v) is 19.5. The Bertz CT molecular complexity index is 1090. The largest absolute Gasteiger partial charge is 0.495 e. The third-order valence-electron chi connectivity index (χ3n) is 4.74. The molecular weight excluding hydrogens is 464 g/mol. The minimum Gasteiger partial charge on any atom is -0.495 e. The number of anilines is 1. The Kier molecular flexibility index (Phi) is 7.50. The van der Waals surface area contributed by atoms with Crippen molar-refractivity contribution >= 4 is 44.8 Å². The Balaban J connectivity index is 1.71. The molecule has 1 aliphatic rings. The quantitative estimate of drug-likeness (QED) is 0.425. The van der Waals surface area contributed by atoms with E-state index in [1.807, 2.05) is 0 Å². The van der Waals surface area contributed by atoms with Crippen molar-refractivity contribution in [3.63, 3.8) is 0 Å². The smallest absolute Gasteiger partial charge is 0.234 e. The first-order valence-corrected chi connectivity index (χ1v) is 12.5. The van der Waals surface area contributed by atoms with Crippen molar-refractivity contribution in [3.8, 4) is 11.5 Å². The number of allylic oxidation sites excluding steroid dienone is 1. The van der Waals surface area contributed by atoms with Gasteiger partial charge in [-0.15, -0.1) is 16.8 Å². The summed E-state index contributed by atoms with van der Waals surface area (Å²) in [6, 6.07) is 3.15. The molecule has 12 heteroatoms. The van der Waals surface area contributed by atoms with Gasteiger partial charge in [-0.05, 0) is 12.5 Å². The van der Waals surface area contributed by atoms with Gasteiger partial charge in [0.1, 0.15) is 17.3 Å².